The second-order valence-corrected chi connectivity index (χ2v) is 2.03. The van der Waals surface area contributed by atoms with E-state index in [2.05, 4.69) is 4.99 Å². The van der Waals surface area contributed by atoms with Gasteiger partial charge in [-0.15, -0.1) is 0 Å². The van der Waals surface area contributed by atoms with Crippen LogP contribution in [0.5, 0.6) is 0 Å². The quantitative estimate of drug-likeness (QED) is 0.411. The summed E-state index contributed by atoms with van der Waals surface area (Å²) < 4.78 is 0. The fourth-order valence-corrected chi connectivity index (χ4v) is 0.322. The first-order valence-corrected chi connectivity index (χ1v) is 2.71. The van der Waals surface area contributed by atoms with Gasteiger partial charge >= 0.3 is 0 Å². The summed E-state index contributed by atoms with van der Waals surface area (Å²) in [5.41, 5.74) is 6.09. The van der Waals surface area contributed by atoms with Crippen molar-refractivity contribution in [2.75, 3.05) is 0 Å². The van der Waals surface area contributed by atoms with Crippen LogP contribution in [0.25, 0.3) is 0 Å². The molecule has 0 radical (unpaired) electrons. The molecule has 0 aromatic rings. The van der Waals surface area contributed by atoms with Crippen LogP contribution in [0.4, 0.5) is 0 Å². The number of hydrogen-bond donors (Lipinski definition) is 2. The lowest BCUT2D eigenvalue weighted by Gasteiger charge is -1.94. The van der Waals surface area contributed by atoms with E-state index >= 15 is 0 Å². The van der Waals surface area contributed by atoms with Gasteiger partial charge in [0.2, 0.25) is 0 Å². The van der Waals surface area contributed by atoms with Crippen molar-refractivity contribution in [2.45, 2.75) is 20.8 Å². The van der Waals surface area contributed by atoms with Crippen LogP contribution in [0, 0.1) is 0 Å². The second kappa shape index (κ2) is 3.12. The molecule has 0 unspecified atom stereocenters. The number of aliphatic hydroxyl groups is 1. The fourth-order valence-electron chi connectivity index (χ4n) is 0.322. The topological polar surface area (TPSA) is 58.6 Å². The summed E-state index contributed by atoms with van der Waals surface area (Å²) >= 11 is 0. The molecule has 0 aliphatic rings. The predicted molar refractivity (Wildman–Crippen MR) is 38.3 cm³/mol. The highest BCUT2D eigenvalue weighted by atomic mass is 16.3. The molecular formula is C6H12N2O. The lowest BCUT2D eigenvalue weighted by Crippen LogP contribution is -1.99. The largest absolute Gasteiger partial charge is 0.509 e. The first kappa shape index (κ1) is 8.01. The SMILES string of the molecule is CC(C)=N/C(N)=C(\C)O. The minimum absolute atomic E-state index is 0.0659. The highest BCUT2D eigenvalue weighted by molar-refractivity contribution is 5.80. The molecule has 52 valence electrons. The molecule has 0 saturated carbocycles. The zero-order chi connectivity index (χ0) is 7.44. The Morgan fingerprint density at radius 1 is 1.33 bits per heavy atom. The Morgan fingerprint density at radius 2 is 1.78 bits per heavy atom. The van der Waals surface area contributed by atoms with Crippen LogP contribution in [-0.4, -0.2) is 10.8 Å². The van der Waals surface area contributed by atoms with Crippen molar-refractivity contribution in [1.82, 2.24) is 0 Å². The van der Waals surface area contributed by atoms with E-state index < -0.39 is 0 Å². The number of rotatable bonds is 1. The summed E-state index contributed by atoms with van der Waals surface area (Å²) in [6, 6.07) is 0. The summed E-state index contributed by atoms with van der Waals surface area (Å²) in [7, 11) is 0. The van der Waals surface area contributed by atoms with E-state index in [1.54, 1.807) is 0 Å². The molecule has 0 aromatic carbocycles. The average molecular weight is 128 g/mol. The third-order valence-corrected chi connectivity index (χ3v) is 0.715. The molecule has 3 nitrogen and oxygen atoms in total. The van der Waals surface area contributed by atoms with Gasteiger partial charge in [0, 0.05) is 5.71 Å². The van der Waals surface area contributed by atoms with Gasteiger partial charge in [0.25, 0.3) is 0 Å². The summed E-state index contributed by atoms with van der Waals surface area (Å²) in [5, 5.41) is 8.72. The van der Waals surface area contributed by atoms with Crippen molar-refractivity contribution in [3.63, 3.8) is 0 Å². The molecule has 0 amide bonds. The third-order valence-electron chi connectivity index (χ3n) is 0.715. The first-order valence-electron chi connectivity index (χ1n) is 2.71. The smallest absolute Gasteiger partial charge is 0.161 e. The Balaban J connectivity index is 4.25. The van der Waals surface area contributed by atoms with Gasteiger partial charge in [0.05, 0.1) is 0 Å². The Morgan fingerprint density at radius 3 is 1.89 bits per heavy atom. The molecule has 0 saturated heterocycles. The van der Waals surface area contributed by atoms with Crippen molar-refractivity contribution in [3.8, 4) is 0 Å². The Hall–Kier alpha value is -0.990. The van der Waals surface area contributed by atoms with Crippen LogP contribution < -0.4 is 5.73 Å². The molecular weight excluding hydrogens is 116 g/mol. The van der Waals surface area contributed by atoms with Gasteiger partial charge in [0.15, 0.2) is 5.82 Å². The second-order valence-electron chi connectivity index (χ2n) is 2.03. The Kier molecular flexibility index (Phi) is 2.78. The standard InChI is InChI=1S/C6H12N2O/c1-4(2)8-6(7)5(3)9/h9H,7H2,1-3H3/b6-5+. The first-order chi connectivity index (χ1) is 4.04. The van der Waals surface area contributed by atoms with Gasteiger partial charge in [-0.25, -0.2) is 4.99 Å². The Bertz CT molecular complexity index is 150. The number of allylic oxidation sites excluding steroid dienone is 1. The number of nitrogens with zero attached hydrogens (tertiary/aromatic N) is 1. The molecule has 0 aliphatic carbocycles. The van der Waals surface area contributed by atoms with Gasteiger partial charge in [0.1, 0.15) is 5.76 Å². The minimum atomic E-state index is 0.0659. The molecule has 0 atom stereocenters. The van der Waals surface area contributed by atoms with Crippen LogP contribution >= 0.6 is 0 Å². The van der Waals surface area contributed by atoms with Crippen molar-refractivity contribution < 1.29 is 5.11 Å². The lowest BCUT2D eigenvalue weighted by atomic mass is 10.5. The maximum atomic E-state index is 8.72. The van der Waals surface area contributed by atoms with Crippen LogP contribution in [0.3, 0.4) is 0 Å². The van der Waals surface area contributed by atoms with E-state index in [0.29, 0.717) is 0 Å². The highest BCUT2D eigenvalue weighted by Gasteiger charge is 1.89. The maximum Gasteiger partial charge on any atom is 0.161 e. The van der Waals surface area contributed by atoms with Crippen LogP contribution in [0.1, 0.15) is 20.8 Å². The van der Waals surface area contributed by atoms with E-state index in [1.165, 1.54) is 6.92 Å². The van der Waals surface area contributed by atoms with E-state index in [9.17, 15) is 0 Å². The molecule has 0 aliphatic heterocycles. The van der Waals surface area contributed by atoms with Crippen molar-refractivity contribution in [2.24, 2.45) is 10.7 Å². The molecule has 0 spiro atoms. The molecule has 0 heterocycles. The molecule has 0 aromatic heterocycles. The summed E-state index contributed by atoms with van der Waals surface area (Å²) in [6.07, 6.45) is 0. The fraction of sp³-hybridized carbons (Fsp3) is 0.500. The van der Waals surface area contributed by atoms with E-state index in [-0.39, 0.29) is 11.6 Å². The van der Waals surface area contributed by atoms with E-state index in [4.69, 9.17) is 10.8 Å². The Labute approximate surface area is 54.9 Å². The van der Waals surface area contributed by atoms with Crippen molar-refractivity contribution in [3.05, 3.63) is 11.6 Å². The molecule has 0 fully saturated rings. The van der Waals surface area contributed by atoms with Crippen LogP contribution in [0.15, 0.2) is 16.6 Å². The minimum Gasteiger partial charge on any atom is -0.509 e. The van der Waals surface area contributed by atoms with E-state index in [1.807, 2.05) is 13.8 Å². The molecule has 0 rings (SSSR count). The maximum absolute atomic E-state index is 8.72. The summed E-state index contributed by atoms with van der Waals surface area (Å²) in [5.74, 6) is 0.256. The van der Waals surface area contributed by atoms with Gasteiger partial charge < -0.3 is 10.8 Å². The molecule has 0 bridgehead atoms. The summed E-state index contributed by atoms with van der Waals surface area (Å²) in [6.45, 7) is 5.13. The number of aliphatic hydroxyl groups excluding tert-OH is 1. The van der Waals surface area contributed by atoms with Crippen LogP contribution in [-0.2, 0) is 0 Å². The van der Waals surface area contributed by atoms with Crippen LogP contribution in [0.2, 0.25) is 0 Å². The molecule has 3 N–H and O–H groups in total. The summed E-state index contributed by atoms with van der Waals surface area (Å²) in [4.78, 5) is 3.80. The third kappa shape index (κ3) is 3.58. The van der Waals surface area contributed by atoms with Crippen molar-refractivity contribution in [1.29, 1.82) is 0 Å². The number of nitrogens with two attached hydrogens (primary N) is 1. The molecule has 3 heteroatoms. The lowest BCUT2D eigenvalue weighted by molar-refractivity contribution is 0.405. The molecule has 9 heavy (non-hydrogen) atoms. The van der Waals surface area contributed by atoms with Crippen molar-refractivity contribution >= 4 is 5.71 Å². The average Bonchev–Trinajstić information content (AvgIpc) is 1.63. The highest BCUT2D eigenvalue weighted by Crippen LogP contribution is 1.93. The van der Waals surface area contributed by atoms with Gasteiger partial charge in [-0.05, 0) is 20.8 Å². The normalized spacial score (nSPS) is 12.3. The predicted octanol–water partition coefficient (Wildman–Crippen LogP) is 1.17. The zero-order valence-electron chi connectivity index (χ0n) is 5.97. The van der Waals surface area contributed by atoms with Gasteiger partial charge in [-0.3, -0.25) is 0 Å². The van der Waals surface area contributed by atoms with Gasteiger partial charge in [-0.1, -0.05) is 0 Å². The number of hydrogen-bond acceptors (Lipinski definition) is 3. The number of aliphatic imine (C=N–C) groups is 1. The van der Waals surface area contributed by atoms with E-state index in [0.717, 1.165) is 5.71 Å². The zero-order valence-corrected chi connectivity index (χ0v) is 5.97. The monoisotopic (exact) mass is 128 g/mol. The van der Waals surface area contributed by atoms with Gasteiger partial charge in [-0.2, -0.15) is 0 Å².